The van der Waals surface area contributed by atoms with E-state index in [1.807, 2.05) is 13.8 Å². The third kappa shape index (κ3) is 2.25. The minimum atomic E-state index is -0.609. The SMILES string of the molecule is CCOC(=O)c1c[nH]c2c(cnn2C(C)CC)c1=O. The maximum Gasteiger partial charge on any atom is 0.343 e. The summed E-state index contributed by atoms with van der Waals surface area (Å²) in [6, 6.07) is 0.182. The van der Waals surface area contributed by atoms with Crippen LogP contribution in [0.1, 0.15) is 43.6 Å². The van der Waals surface area contributed by atoms with E-state index >= 15 is 0 Å². The average Bonchev–Trinajstić information content (AvgIpc) is 2.83. The number of pyridine rings is 1. The zero-order valence-electron chi connectivity index (χ0n) is 11.3. The molecular formula is C13H17N3O3. The third-order valence-corrected chi connectivity index (χ3v) is 3.14. The quantitative estimate of drug-likeness (QED) is 0.854. The van der Waals surface area contributed by atoms with Crippen LogP contribution < -0.4 is 5.43 Å². The number of ether oxygens (including phenoxy) is 1. The lowest BCUT2D eigenvalue weighted by Gasteiger charge is -2.10. The zero-order chi connectivity index (χ0) is 14.0. The van der Waals surface area contributed by atoms with Crippen LogP contribution in [0.25, 0.3) is 11.0 Å². The van der Waals surface area contributed by atoms with Crippen LogP contribution in [0.4, 0.5) is 0 Å². The number of carbonyl (C=O) groups is 1. The smallest absolute Gasteiger partial charge is 0.343 e. The number of carbonyl (C=O) groups excluding carboxylic acids is 1. The van der Waals surface area contributed by atoms with E-state index in [4.69, 9.17) is 4.74 Å². The highest BCUT2D eigenvalue weighted by Crippen LogP contribution is 2.15. The Hall–Kier alpha value is -2.11. The van der Waals surface area contributed by atoms with Gasteiger partial charge >= 0.3 is 5.97 Å². The van der Waals surface area contributed by atoms with E-state index in [9.17, 15) is 9.59 Å². The van der Waals surface area contributed by atoms with E-state index < -0.39 is 5.97 Å². The van der Waals surface area contributed by atoms with Crippen molar-refractivity contribution in [3.8, 4) is 0 Å². The maximum absolute atomic E-state index is 12.2. The molecule has 102 valence electrons. The highest BCUT2D eigenvalue weighted by molar-refractivity contribution is 5.92. The Morgan fingerprint density at radius 1 is 1.53 bits per heavy atom. The van der Waals surface area contributed by atoms with Crippen LogP contribution in [0.3, 0.4) is 0 Å². The molecule has 0 bridgehead atoms. The lowest BCUT2D eigenvalue weighted by Crippen LogP contribution is -2.18. The number of hydrogen-bond donors (Lipinski definition) is 1. The topological polar surface area (TPSA) is 77.0 Å². The summed E-state index contributed by atoms with van der Waals surface area (Å²) in [7, 11) is 0. The van der Waals surface area contributed by atoms with E-state index in [0.717, 1.165) is 6.42 Å². The molecule has 0 saturated carbocycles. The van der Waals surface area contributed by atoms with Gasteiger partial charge < -0.3 is 9.72 Å². The van der Waals surface area contributed by atoms with Crippen LogP contribution in [-0.2, 0) is 4.74 Å². The lowest BCUT2D eigenvalue weighted by molar-refractivity contribution is 0.0524. The Labute approximate surface area is 110 Å². The van der Waals surface area contributed by atoms with Crippen molar-refractivity contribution >= 4 is 17.0 Å². The fourth-order valence-corrected chi connectivity index (χ4v) is 1.89. The molecule has 0 amide bonds. The fourth-order valence-electron chi connectivity index (χ4n) is 1.89. The Morgan fingerprint density at radius 2 is 2.26 bits per heavy atom. The molecule has 19 heavy (non-hydrogen) atoms. The summed E-state index contributed by atoms with van der Waals surface area (Å²) < 4.78 is 6.60. The van der Waals surface area contributed by atoms with Gasteiger partial charge in [0.05, 0.1) is 24.2 Å². The van der Waals surface area contributed by atoms with Crippen molar-refractivity contribution in [1.29, 1.82) is 0 Å². The van der Waals surface area contributed by atoms with Gasteiger partial charge in [0, 0.05) is 6.20 Å². The summed E-state index contributed by atoms with van der Waals surface area (Å²) in [5.74, 6) is -0.609. The second kappa shape index (κ2) is 5.26. The van der Waals surface area contributed by atoms with Gasteiger partial charge in [-0.05, 0) is 20.3 Å². The number of aromatic nitrogens is 3. The van der Waals surface area contributed by atoms with Gasteiger partial charge in [0.1, 0.15) is 11.2 Å². The first-order chi connectivity index (χ1) is 9.10. The van der Waals surface area contributed by atoms with Gasteiger partial charge in [0.2, 0.25) is 5.43 Å². The number of hydrogen-bond acceptors (Lipinski definition) is 4. The van der Waals surface area contributed by atoms with Crippen molar-refractivity contribution in [2.75, 3.05) is 6.61 Å². The lowest BCUT2D eigenvalue weighted by atomic mass is 10.2. The number of esters is 1. The minimum Gasteiger partial charge on any atom is -0.462 e. The molecule has 1 atom stereocenters. The first-order valence-corrected chi connectivity index (χ1v) is 6.36. The molecule has 6 heteroatoms. The molecule has 0 aliphatic carbocycles. The van der Waals surface area contributed by atoms with Gasteiger partial charge in [-0.25, -0.2) is 9.48 Å². The van der Waals surface area contributed by atoms with E-state index in [1.54, 1.807) is 11.6 Å². The first kappa shape index (κ1) is 13.3. The molecule has 0 aromatic carbocycles. The number of nitrogens with one attached hydrogen (secondary N) is 1. The zero-order valence-corrected chi connectivity index (χ0v) is 11.3. The van der Waals surface area contributed by atoms with Gasteiger partial charge in [-0.3, -0.25) is 4.79 Å². The Morgan fingerprint density at radius 3 is 2.89 bits per heavy atom. The molecule has 6 nitrogen and oxygen atoms in total. The summed E-state index contributed by atoms with van der Waals surface area (Å²) in [6.07, 6.45) is 3.78. The monoisotopic (exact) mass is 263 g/mol. The third-order valence-electron chi connectivity index (χ3n) is 3.14. The molecule has 2 aromatic rings. The van der Waals surface area contributed by atoms with Crippen LogP contribution in [0.5, 0.6) is 0 Å². The predicted octanol–water partition coefficient (Wildman–Crippen LogP) is 1.87. The summed E-state index contributed by atoms with van der Waals surface area (Å²) in [5.41, 5.74) is 0.298. The van der Waals surface area contributed by atoms with Crippen molar-refractivity contribution in [3.05, 3.63) is 28.2 Å². The molecule has 0 saturated heterocycles. The van der Waals surface area contributed by atoms with Crippen molar-refractivity contribution < 1.29 is 9.53 Å². The van der Waals surface area contributed by atoms with E-state index in [-0.39, 0.29) is 23.6 Å². The predicted molar refractivity (Wildman–Crippen MR) is 71.3 cm³/mol. The first-order valence-electron chi connectivity index (χ1n) is 6.36. The van der Waals surface area contributed by atoms with Crippen LogP contribution in [0, 0.1) is 0 Å². The summed E-state index contributed by atoms with van der Waals surface area (Å²) in [6.45, 7) is 6.00. The van der Waals surface area contributed by atoms with Crippen LogP contribution in [0.15, 0.2) is 17.2 Å². The molecule has 0 radical (unpaired) electrons. The van der Waals surface area contributed by atoms with Crippen LogP contribution in [0.2, 0.25) is 0 Å². The molecule has 0 fully saturated rings. The highest BCUT2D eigenvalue weighted by atomic mass is 16.5. The second-order valence-electron chi connectivity index (χ2n) is 4.36. The number of fused-ring (bicyclic) bond motifs is 1. The number of H-pyrrole nitrogens is 1. The highest BCUT2D eigenvalue weighted by Gasteiger charge is 2.17. The van der Waals surface area contributed by atoms with E-state index in [2.05, 4.69) is 10.1 Å². The molecule has 2 aromatic heterocycles. The van der Waals surface area contributed by atoms with Crippen molar-refractivity contribution in [2.45, 2.75) is 33.2 Å². The Balaban J connectivity index is 2.55. The van der Waals surface area contributed by atoms with Crippen molar-refractivity contribution in [3.63, 3.8) is 0 Å². The van der Waals surface area contributed by atoms with Gasteiger partial charge in [-0.1, -0.05) is 6.92 Å². The van der Waals surface area contributed by atoms with Gasteiger partial charge in [0.25, 0.3) is 0 Å². The summed E-state index contributed by atoms with van der Waals surface area (Å²) in [5, 5.41) is 4.61. The van der Waals surface area contributed by atoms with Gasteiger partial charge in [-0.15, -0.1) is 0 Å². The van der Waals surface area contributed by atoms with Crippen LogP contribution >= 0.6 is 0 Å². The standard InChI is InChI=1S/C13H17N3O3/c1-4-8(3)16-12-9(7-15-16)11(17)10(6-14-12)13(18)19-5-2/h6-8H,4-5H2,1-3H3,(H,14,17). The van der Waals surface area contributed by atoms with Crippen molar-refractivity contribution in [1.82, 2.24) is 14.8 Å². The Bertz CT molecular complexity index is 657. The molecular weight excluding hydrogens is 246 g/mol. The van der Waals surface area contributed by atoms with Gasteiger partial charge in [0.15, 0.2) is 0 Å². The van der Waals surface area contributed by atoms with E-state index in [0.29, 0.717) is 11.0 Å². The van der Waals surface area contributed by atoms with Crippen LogP contribution in [-0.4, -0.2) is 27.3 Å². The van der Waals surface area contributed by atoms with Crippen molar-refractivity contribution in [2.24, 2.45) is 0 Å². The Kier molecular flexibility index (Phi) is 3.69. The van der Waals surface area contributed by atoms with Gasteiger partial charge in [-0.2, -0.15) is 5.10 Å². The normalized spacial score (nSPS) is 12.6. The molecule has 0 aliphatic rings. The fraction of sp³-hybridized carbons (Fsp3) is 0.462. The molecule has 0 spiro atoms. The second-order valence-corrected chi connectivity index (χ2v) is 4.36. The summed E-state index contributed by atoms with van der Waals surface area (Å²) in [4.78, 5) is 26.8. The number of nitrogens with zero attached hydrogens (tertiary/aromatic N) is 2. The number of rotatable bonds is 4. The largest absolute Gasteiger partial charge is 0.462 e. The molecule has 1 unspecified atom stereocenters. The summed E-state index contributed by atoms with van der Waals surface area (Å²) >= 11 is 0. The number of aromatic amines is 1. The molecule has 2 rings (SSSR count). The van der Waals surface area contributed by atoms with E-state index in [1.165, 1.54) is 12.4 Å². The molecule has 0 aliphatic heterocycles. The molecule has 2 heterocycles. The maximum atomic E-state index is 12.2. The average molecular weight is 263 g/mol. The molecule has 1 N–H and O–H groups in total. The minimum absolute atomic E-state index is 0.0121.